The molecule has 1 unspecified atom stereocenters. The van der Waals surface area contributed by atoms with Crippen LogP contribution in [0, 0.1) is 24.3 Å². The summed E-state index contributed by atoms with van der Waals surface area (Å²) < 4.78 is 0. The minimum Gasteiger partial charge on any atom is -0.267 e. The van der Waals surface area contributed by atoms with Gasteiger partial charge in [0.2, 0.25) is 0 Å². The van der Waals surface area contributed by atoms with E-state index in [0.29, 0.717) is 0 Å². The van der Waals surface area contributed by atoms with Crippen LogP contribution in [0.1, 0.15) is 28.2 Å². The number of rotatable bonds is 2. The van der Waals surface area contributed by atoms with Crippen molar-refractivity contribution in [3.63, 3.8) is 0 Å². The second-order valence-electron chi connectivity index (χ2n) is 5.06. The van der Waals surface area contributed by atoms with Crippen molar-refractivity contribution in [1.29, 1.82) is 0 Å². The molecule has 109 valence electrons. The van der Waals surface area contributed by atoms with E-state index in [4.69, 9.17) is 0 Å². The maximum atomic E-state index is 3.53. The first-order valence-corrected chi connectivity index (χ1v) is 7.01. The smallest absolute Gasteiger partial charge is 0 e. The molecule has 0 aliphatic heterocycles. The van der Waals surface area contributed by atoms with E-state index in [2.05, 4.69) is 48.5 Å². The third-order valence-corrected chi connectivity index (χ3v) is 3.78. The van der Waals surface area contributed by atoms with Gasteiger partial charge in [0.05, 0.1) is 0 Å². The molecule has 1 aliphatic carbocycles. The van der Waals surface area contributed by atoms with Gasteiger partial charge in [-0.05, 0) is 0 Å². The summed E-state index contributed by atoms with van der Waals surface area (Å²) in [5.74, 6) is 0.140. The van der Waals surface area contributed by atoms with Gasteiger partial charge in [-0.3, -0.25) is 11.6 Å². The monoisotopic (exact) mass is 531 g/mol. The van der Waals surface area contributed by atoms with E-state index in [9.17, 15) is 0 Å². The van der Waals surface area contributed by atoms with E-state index in [0.717, 1.165) is 22.3 Å². The molecule has 0 saturated heterocycles. The zero-order valence-electron chi connectivity index (χ0n) is 13.2. The quantitative estimate of drug-likeness (QED) is 0.429. The van der Waals surface area contributed by atoms with Gasteiger partial charge in [-0.1, -0.05) is 5.92 Å². The zero-order valence-corrected chi connectivity index (χ0v) is 21.7. The molecule has 3 radical (unpaired) electrons. The second-order valence-corrected chi connectivity index (χ2v) is 5.06. The summed E-state index contributed by atoms with van der Waals surface area (Å²) in [6.45, 7) is 0. The molecule has 1 aliphatic rings. The molecule has 0 amide bonds. The second kappa shape index (κ2) is 10.8. The van der Waals surface area contributed by atoms with Gasteiger partial charge in [0.25, 0.3) is 0 Å². The van der Waals surface area contributed by atoms with Crippen LogP contribution in [0.25, 0.3) is 5.57 Å². The molecule has 3 aromatic rings. The maximum absolute atomic E-state index is 3.53. The van der Waals surface area contributed by atoms with Crippen molar-refractivity contribution in [2.24, 2.45) is 0 Å². The van der Waals surface area contributed by atoms with Gasteiger partial charge in [-0.2, -0.15) is 66.2 Å². The number of hydrogen-bond acceptors (Lipinski definition) is 0. The molecular formula is C21H12Y3-4. The molecule has 1 atom stereocenters. The Hall–Kier alpha value is 0.712. The molecule has 0 fully saturated rings. The Kier molecular flexibility index (Phi) is 10.2. The van der Waals surface area contributed by atoms with Crippen LogP contribution in [0.2, 0.25) is 0 Å². The van der Waals surface area contributed by atoms with Crippen molar-refractivity contribution in [1.82, 2.24) is 0 Å². The fourth-order valence-corrected chi connectivity index (χ4v) is 2.84. The van der Waals surface area contributed by atoms with E-state index < -0.39 is 0 Å². The van der Waals surface area contributed by atoms with Gasteiger partial charge in [0, 0.05) is 98.1 Å². The standard InChI is InChI=1S/C21H12.3Y/c1-3-9-16(10-4-1)20-15-18-13-7-8-14-19(18)21(20)17-11-5-2-6-12-17;;;/h1-9,11,13,21H;;;/q-4;;;. The molecule has 3 heteroatoms. The molecule has 4 rings (SSSR count). The van der Waals surface area contributed by atoms with Crippen LogP contribution in [0.3, 0.4) is 0 Å². The van der Waals surface area contributed by atoms with Crippen molar-refractivity contribution in [2.45, 2.75) is 5.92 Å². The molecule has 0 N–H and O–H groups in total. The molecule has 24 heavy (non-hydrogen) atoms. The van der Waals surface area contributed by atoms with Gasteiger partial charge in [-0.25, -0.2) is 34.9 Å². The number of fused-ring (bicyclic) bond motifs is 1. The van der Waals surface area contributed by atoms with E-state index in [1.54, 1.807) is 0 Å². The zero-order chi connectivity index (χ0) is 14.1. The maximum Gasteiger partial charge on any atom is 0 e. The molecule has 0 heterocycles. The van der Waals surface area contributed by atoms with Crippen LogP contribution < -0.4 is 0 Å². The summed E-state index contributed by atoms with van der Waals surface area (Å²) in [7, 11) is 0. The van der Waals surface area contributed by atoms with Crippen molar-refractivity contribution in [2.75, 3.05) is 0 Å². The Morgan fingerprint density at radius 2 is 1.38 bits per heavy atom. The van der Waals surface area contributed by atoms with Gasteiger partial charge >= 0.3 is 0 Å². The fourth-order valence-electron chi connectivity index (χ4n) is 2.84. The number of hydrogen-bond donors (Lipinski definition) is 0. The minimum absolute atomic E-state index is 0. The van der Waals surface area contributed by atoms with Crippen molar-refractivity contribution in [3.8, 4) is 0 Å². The molecule has 3 aromatic carbocycles. The average Bonchev–Trinajstić information content (AvgIpc) is 2.96. The Bertz CT molecular complexity index is 796. The largest absolute Gasteiger partial charge is 0.267 e. The summed E-state index contributed by atoms with van der Waals surface area (Å²) in [6.07, 6.45) is 3.53. The predicted molar refractivity (Wildman–Crippen MR) is 83.4 cm³/mol. The van der Waals surface area contributed by atoms with Gasteiger partial charge < -0.3 is 0 Å². The first kappa shape index (κ1) is 22.8. The van der Waals surface area contributed by atoms with Crippen molar-refractivity contribution < 1.29 is 98.1 Å². The normalized spacial score (nSPS) is 14.3. The van der Waals surface area contributed by atoms with Crippen LogP contribution in [0.15, 0.2) is 66.7 Å². The van der Waals surface area contributed by atoms with Crippen LogP contribution in [-0.2, 0) is 98.1 Å². The summed E-state index contributed by atoms with van der Waals surface area (Å²) >= 11 is 0. The van der Waals surface area contributed by atoms with Crippen LogP contribution in [-0.4, -0.2) is 0 Å². The number of benzene rings is 3. The van der Waals surface area contributed by atoms with Crippen LogP contribution in [0.5, 0.6) is 0 Å². The van der Waals surface area contributed by atoms with Crippen LogP contribution >= 0.6 is 0 Å². The predicted octanol–water partition coefficient (Wildman–Crippen LogP) is 4.46. The average molecular weight is 531 g/mol. The fraction of sp³-hybridized carbons (Fsp3) is 0.0476. The third kappa shape index (κ3) is 4.70. The Labute approximate surface area is 219 Å². The third-order valence-electron chi connectivity index (χ3n) is 3.78. The molecule has 0 nitrogen and oxygen atoms in total. The Morgan fingerprint density at radius 1 is 0.667 bits per heavy atom. The minimum atomic E-state index is 0. The van der Waals surface area contributed by atoms with E-state index in [1.165, 1.54) is 5.56 Å². The summed E-state index contributed by atoms with van der Waals surface area (Å²) in [5.41, 5.74) is 5.68. The Morgan fingerprint density at radius 3 is 2.04 bits per heavy atom. The molecular weight excluding hydrogens is 519 g/mol. The molecule has 0 spiro atoms. The summed E-state index contributed by atoms with van der Waals surface area (Å²) in [6, 6.07) is 32.3. The van der Waals surface area contributed by atoms with Crippen molar-refractivity contribution >= 4 is 5.57 Å². The van der Waals surface area contributed by atoms with E-state index >= 15 is 0 Å². The van der Waals surface area contributed by atoms with Gasteiger partial charge in [0.1, 0.15) is 0 Å². The topological polar surface area (TPSA) is 0 Å². The van der Waals surface area contributed by atoms with E-state index in [-0.39, 0.29) is 104 Å². The summed E-state index contributed by atoms with van der Waals surface area (Å²) in [5, 5.41) is 0. The number of allylic oxidation sites excluding steroid dienone is 1. The van der Waals surface area contributed by atoms with Crippen LogP contribution in [0.4, 0.5) is 0 Å². The molecule has 0 aromatic heterocycles. The molecule has 0 saturated carbocycles. The van der Waals surface area contributed by atoms with Gasteiger partial charge in [0.15, 0.2) is 0 Å². The van der Waals surface area contributed by atoms with E-state index in [1.807, 2.05) is 42.5 Å². The first-order chi connectivity index (χ1) is 10.4. The Balaban J connectivity index is 0.000000960. The van der Waals surface area contributed by atoms with Gasteiger partial charge in [-0.15, -0.1) is 6.07 Å². The SMILES string of the molecule is [C-]1=C(c2[c-]cccc2)C(c2[c-]cccc2)c2[c-]cccc21.[Y].[Y].[Y]. The molecule has 0 bridgehead atoms. The van der Waals surface area contributed by atoms with Crippen molar-refractivity contribution in [3.05, 3.63) is 113 Å². The summed E-state index contributed by atoms with van der Waals surface area (Å²) in [4.78, 5) is 0. The first-order valence-electron chi connectivity index (χ1n) is 7.01.